The molecule has 0 aliphatic rings. The number of hydrogen-bond acceptors (Lipinski definition) is 3. The highest BCUT2D eigenvalue weighted by atomic mass is 35.5. The van der Waals surface area contributed by atoms with E-state index in [4.69, 9.17) is 0 Å². The molecule has 2 heterocycles. The molecule has 3 nitrogen and oxygen atoms in total. The van der Waals surface area contributed by atoms with Gasteiger partial charge in [0.05, 0.1) is 11.7 Å². The van der Waals surface area contributed by atoms with Gasteiger partial charge in [-0.1, -0.05) is 18.2 Å². The minimum absolute atomic E-state index is 0. The number of benzene rings is 1. The molecule has 0 radical (unpaired) electrons. The van der Waals surface area contributed by atoms with Crippen LogP contribution in [0.4, 0.5) is 0 Å². The maximum atomic E-state index is 4.39. The normalized spacial score (nSPS) is 10.3. The molecule has 2 aromatic heterocycles. The minimum atomic E-state index is 0. The molecule has 0 unspecified atom stereocenters. The van der Waals surface area contributed by atoms with E-state index in [-0.39, 0.29) is 12.4 Å². The number of fused-ring (bicyclic) bond motifs is 1. The quantitative estimate of drug-likeness (QED) is 0.582. The van der Waals surface area contributed by atoms with E-state index < -0.39 is 0 Å². The van der Waals surface area contributed by atoms with Crippen LogP contribution in [0.1, 0.15) is 11.1 Å². The summed E-state index contributed by atoms with van der Waals surface area (Å²) in [4.78, 5) is 0. The van der Waals surface area contributed by atoms with E-state index in [1.54, 1.807) is 0 Å². The Hall–Kier alpha value is -1.52. The lowest BCUT2D eigenvalue weighted by molar-refractivity contribution is -0.688. The van der Waals surface area contributed by atoms with E-state index in [1.807, 2.05) is 18.2 Å². The van der Waals surface area contributed by atoms with E-state index in [0.29, 0.717) is 0 Å². The highest BCUT2D eigenvalue weighted by molar-refractivity contribution is 7.00. The third-order valence-electron chi connectivity index (χ3n) is 2.83. The zero-order valence-corrected chi connectivity index (χ0v) is 11.4. The van der Waals surface area contributed by atoms with Gasteiger partial charge in [0.25, 0.3) is 0 Å². The number of nitrogens with zero attached hydrogens (tertiary/aromatic N) is 3. The fourth-order valence-corrected chi connectivity index (χ4v) is 2.54. The molecular weight excluding hydrogens is 266 g/mol. The lowest BCUT2D eigenvalue weighted by Crippen LogP contribution is -3.00. The Balaban J connectivity index is 0.00000120. The largest absolute Gasteiger partial charge is 1.00 e. The molecule has 0 aliphatic carbocycles. The molecule has 0 N–H and O–H groups in total. The second-order valence-corrected chi connectivity index (χ2v) is 4.58. The molecule has 5 heteroatoms. The molecule has 92 valence electrons. The number of aromatic nitrogens is 3. The topological polar surface area (TPSA) is 29.7 Å². The van der Waals surface area contributed by atoms with Gasteiger partial charge in [0, 0.05) is 17.7 Å². The molecule has 3 rings (SSSR count). The lowest BCUT2D eigenvalue weighted by atomic mass is 10.1. The summed E-state index contributed by atoms with van der Waals surface area (Å²) < 4.78 is 10.9. The van der Waals surface area contributed by atoms with E-state index in [1.165, 1.54) is 22.9 Å². The second kappa shape index (κ2) is 5.42. The molecule has 0 saturated heterocycles. The Kier molecular flexibility index (Phi) is 3.89. The number of hydrogen-bond donors (Lipinski definition) is 0. The van der Waals surface area contributed by atoms with E-state index in [2.05, 4.69) is 44.8 Å². The highest BCUT2D eigenvalue weighted by Gasteiger charge is 2.11. The molecular formula is C13H12ClN3S. The Morgan fingerprint density at radius 2 is 1.78 bits per heavy atom. The summed E-state index contributed by atoms with van der Waals surface area (Å²) in [5.41, 5.74) is 4.47. The number of halogens is 1. The van der Waals surface area contributed by atoms with Crippen LogP contribution in [0.25, 0.3) is 11.0 Å². The van der Waals surface area contributed by atoms with Gasteiger partial charge in [-0.2, -0.15) is 8.75 Å². The molecule has 3 aromatic rings. The Morgan fingerprint density at radius 1 is 1.06 bits per heavy atom. The molecule has 0 atom stereocenters. The Morgan fingerprint density at radius 3 is 2.56 bits per heavy atom. The van der Waals surface area contributed by atoms with E-state index in [0.717, 1.165) is 17.6 Å². The van der Waals surface area contributed by atoms with E-state index >= 15 is 0 Å². The second-order valence-electron chi connectivity index (χ2n) is 4.05. The van der Waals surface area contributed by atoms with Gasteiger partial charge in [-0.15, -0.1) is 0 Å². The summed E-state index contributed by atoms with van der Waals surface area (Å²) in [6.07, 6.45) is 4.12. The summed E-state index contributed by atoms with van der Waals surface area (Å²) in [6.45, 7) is 2.91. The minimum Gasteiger partial charge on any atom is -1.00 e. The standard InChI is InChI=1S/C13H12N3S.ClH/c1-10-5-6-11(13-12(10)14-17-15-13)9-16-7-3-2-4-8-16;/h2-8H,9H2,1H3;1H/q+1;/p-1. The van der Waals surface area contributed by atoms with Crippen LogP contribution < -0.4 is 17.0 Å². The zero-order chi connectivity index (χ0) is 11.7. The summed E-state index contributed by atoms with van der Waals surface area (Å²) in [7, 11) is 0. The number of rotatable bonds is 2. The van der Waals surface area contributed by atoms with Crippen molar-refractivity contribution in [1.82, 2.24) is 8.75 Å². The molecule has 0 spiro atoms. The summed E-state index contributed by atoms with van der Waals surface area (Å²) in [5, 5.41) is 0. The first kappa shape index (κ1) is 12.9. The molecule has 0 bridgehead atoms. The van der Waals surface area contributed by atoms with Crippen LogP contribution in [-0.4, -0.2) is 8.75 Å². The summed E-state index contributed by atoms with van der Waals surface area (Å²) in [6, 6.07) is 10.3. The van der Waals surface area contributed by atoms with Gasteiger partial charge in [-0.25, -0.2) is 4.57 Å². The monoisotopic (exact) mass is 277 g/mol. The molecule has 0 fully saturated rings. The average Bonchev–Trinajstić information content (AvgIpc) is 2.84. The predicted octanol–water partition coefficient (Wildman–Crippen LogP) is -0.660. The Bertz CT molecular complexity index is 652. The van der Waals surface area contributed by atoms with Crippen LogP contribution in [0.15, 0.2) is 42.7 Å². The fraction of sp³-hybridized carbons (Fsp3) is 0.154. The summed E-state index contributed by atoms with van der Waals surface area (Å²) >= 11 is 1.28. The van der Waals surface area contributed by atoms with E-state index in [9.17, 15) is 0 Å². The van der Waals surface area contributed by atoms with Gasteiger partial charge < -0.3 is 12.4 Å². The van der Waals surface area contributed by atoms with Crippen molar-refractivity contribution in [2.45, 2.75) is 13.5 Å². The van der Waals surface area contributed by atoms with Gasteiger partial charge >= 0.3 is 0 Å². The third-order valence-corrected chi connectivity index (χ3v) is 3.36. The van der Waals surface area contributed by atoms with Crippen molar-refractivity contribution >= 4 is 22.8 Å². The molecule has 18 heavy (non-hydrogen) atoms. The van der Waals surface area contributed by atoms with Crippen molar-refractivity contribution in [2.75, 3.05) is 0 Å². The van der Waals surface area contributed by atoms with Crippen LogP contribution in [-0.2, 0) is 6.54 Å². The number of pyridine rings is 1. The first-order valence-electron chi connectivity index (χ1n) is 5.49. The van der Waals surface area contributed by atoms with Crippen molar-refractivity contribution in [3.05, 3.63) is 53.9 Å². The maximum absolute atomic E-state index is 4.39. The van der Waals surface area contributed by atoms with Crippen LogP contribution in [0.3, 0.4) is 0 Å². The SMILES string of the molecule is Cc1ccc(C[n+]2ccccc2)c2nsnc12.[Cl-]. The van der Waals surface area contributed by atoms with Crippen LogP contribution in [0.2, 0.25) is 0 Å². The van der Waals surface area contributed by atoms with Crippen LogP contribution in [0.5, 0.6) is 0 Å². The Labute approximate surface area is 116 Å². The van der Waals surface area contributed by atoms with Crippen molar-refractivity contribution in [3.8, 4) is 0 Å². The molecule has 0 saturated carbocycles. The van der Waals surface area contributed by atoms with Crippen LogP contribution >= 0.6 is 11.7 Å². The van der Waals surface area contributed by atoms with Crippen molar-refractivity contribution in [2.24, 2.45) is 0 Å². The molecule has 0 aliphatic heterocycles. The molecule has 0 amide bonds. The number of aryl methyl sites for hydroxylation is 1. The zero-order valence-electron chi connectivity index (χ0n) is 9.88. The highest BCUT2D eigenvalue weighted by Crippen LogP contribution is 2.20. The molecule has 1 aromatic carbocycles. The van der Waals surface area contributed by atoms with Gasteiger partial charge in [-0.05, 0) is 12.5 Å². The first-order valence-corrected chi connectivity index (χ1v) is 6.22. The van der Waals surface area contributed by atoms with Crippen LogP contribution in [0, 0.1) is 6.92 Å². The van der Waals surface area contributed by atoms with Crippen molar-refractivity contribution < 1.29 is 17.0 Å². The first-order chi connectivity index (χ1) is 8.34. The van der Waals surface area contributed by atoms with Crippen molar-refractivity contribution in [3.63, 3.8) is 0 Å². The fourth-order valence-electron chi connectivity index (χ4n) is 1.91. The third kappa shape index (κ3) is 2.35. The summed E-state index contributed by atoms with van der Waals surface area (Å²) in [5.74, 6) is 0. The van der Waals surface area contributed by atoms with Gasteiger partial charge in [0.1, 0.15) is 11.0 Å². The van der Waals surface area contributed by atoms with Crippen molar-refractivity contribution in [1.29, 1.82) is 0 Å². The average molecular weight is 278 g/mol. The smallest absolute Gasteiger partial charge is 0.176 e. The van der Waals surface area contributed by atoms with Gasteiger partial charge in [-0.3, -0.25) is 0 Å². The van der Waals surface area contributed by atoms with Gasteiger partial charge in [0.15, 0.2) is 18.9 Å². The van der Waals surface area contributed by atoms with Gasteiger partial charge in [0.2, 0.25) is 0 Å². The lowest BCUT2D eigenvalue weighted by Gasteiger charge is -2.00. The maximum Gasteiger partial charge on any atom is 0.176 e. The predicted molar refractivity (Wildman–Crippen MR) is 67.9 cm³/mol.